The van der Waals surface area contributed by atoms with Gasteiger partial charge in [0.25, 0.3) is 0 Å². The predicted octanol–water partition coefficient (Wildman–Crippen LogP) is 7.25. The molecule has 0 aliphatic carbocycles. The second-order valence-corrected chi connectivity index (χ2v) is 11.9. The molecule has 0 bridgehead atoms. The van der Waals surface area contributed by atoms with Gasteiger partial charge in [-0.1, -0.05) is 51.1 Å². The van der Waals surface area contributed by atoms with Crippen LogP contribution in [0.25, 0.3) is 10.9 Å². The molecule has 2 aliphatic heterocycles. The van der Waals surface area contributed by atoms with Gasteiger partial charge in [0.1, 0.15) is 17.4 Å². The van der Waals surface area contributed by atoms with Gasteiger partial charge in [0, 0.05) is 45.2 Å². The SMILES string of the molecule is CCCCCC1(CC)CCN(c2nc(OC3CCN(CCOC)CC3)nc3c(F)c(Br)c(Cl)cc23)CC1. The van der Waals surface area contributed by atoms with Crippen molar-refractivity contribution in [3.05, 3.63) is 21.4 Å². The molecule has 2 aliphatic rings. The molecule has 0 unspecified atom stereocenters. The number of likely N-dealkylation sites (tertiary alicyclic amines) is 1. The minimum absolute atomic E-state index is 0.00978. The molecule has 206 valence electrons. The second-order valence-electron chi connectivity index (χ2n) is 10.7. The summed E-state index contributed by atoms with van der Waals surface area (Å²) in [6.07, 6.45) is 10.3. The molecule has 2 aromatic rings. The van der Waals surface area contributed by atoms with E-state index < -0.39 is 5.82 Å². The fourth-order valence-corrected chi connectivity index (χ4v) is 6.27. The first-order valence-corrected chi connectivity index (χ1v) is 15.0. The van der Waals surface area contributed by atoms with Gasteiger partial charge in [-0.3, -0.25) is 0 Å². The zero-order chi connectivity index (χ0) is 26.4. The summed E-state index contributed by atoms with van der Waals surface area (Å²) in [5, 5.41) is 0.967. The number of rotatable bonds is 11. The lowest BCUT2D eigenvalue weighted by Crippen LogP contribution is -2.41. The molecule has 0 saturated carbocycles. The molecule has 2 fully saturated rings. The first-order valence-electron chi connectivity index (χ1n) is 13.9. The highest BCUT2D eigenvalue weighted by Gasteiger charge is 2.34. The van der Waals surface area contributed by atoms with E-state index in [1.165, 1.54) is 32.1 Å². The molecule has 0 N–H and O–H groups in total. The third kappa shape index (κ3) is 6.87. The van der Waals surface area contributed by atoms with Crippen LogP contribution in [-0.2, 0) is 4.74 Å². The number of nitrogens with zero attached hydrogens (tertiary/aromatic N) is 4. The molecule has 2 saturated heterocycles. The van der Waals surface area contributed by atoms with Crippen LogP contribution in [0.15, 0.2) is 10.5 Å². The van der Waals surface area contributed by atoms with Crippen LogP contribution >= 0.6 is 27.5 Å². The molecular weight excluding hydrogens is 559 g/mol. The first-order chi connectivity index (χ1) is 17.9. The van der Waals surface area contributed by atoms with E-state index in [4.69, 9.17) is 26.1 Å². The van der Waals surface area contributed by atoms with Crippen LogP contribution < -0.4 is 9.64 Å². The van der Waals surface area contributed by atoms with Crippen LogP contribution in [0.1, 0.15) is 71.6 Å². The second kappa shape index (κ2) is 13.2. The number of anilines is 1. The topological polar surface area (TPSA) is 50.7 Å². The molecule has 0 spiro atoms. The van der Waals surface area contributed by atoms with E-state index in [1.54, 1.807) is 13.2 Å². The molecule has 0 radical (unpaired) electrons. The van der Waals surface area contributed by atoms with Gasteiger partial charge < -0.3 is 19.3 Å². The van der Waals surface area contributed by atoms with Crippen LogP contribution in [0.5, 0.6) is 6.01 Å². The number of ether oxygens (including phenoxy) is 2. The lowest BCUT2D eigenvalue weighted by molar-refractivity contribution is 0.0747. The summed E-state index contributed by atoms with van der Waals surface area (Å²) < 4.78 is 27.1. The van der Waals surface area contributed by atoms with Crippen LogP contribution in [0.2, 0.25) is 5.02 Å². The summed E-state index contributed by atoms with van der Waals surface area (Å²) in [5.41, 5.74) is 0.639. The number of hydrogen-bond acceptors (Lipinski definition) is 6. The number of halogens is 3. The summed E-state index contributed by atoms with van der Waals surface area (Å²) in [6.45, 7) is 9.88. The standard InChI is InChI=1S/C28H41BrClFN4O2/c1-4-6-7-10-28(5-2)11-15-35(16-12-28)26-21-19-22(30)23(29)24(31)25(21)32-27(33-26)37-20-8-13-34(14-9-20)17-18-36-3/h19-20H,4-18H2,1-3H3. The highest BCUT2D eigenvalue weighted by molar-refractivity contribution is 9.10. The lowest BCUT2D eigenvalue weighted by Gasteiger charge is -2.42. The molecule has 4 rings (SSSR count). The zero-order valence-corrected chi connectivity index (χ0v) is 24.8. The number of unbranched alkanes of at least 4 members (excludes halogenated alkanes) is 2. The maximum atomic E-state index is 15.4. The van der Waals surface area contributed by atoms with Gasteiger partial charge in [-0.05, 0) is 59.5 Å². The maximum Gasteiger partial charge on any atom is 0.319 e. The van der Waals surface area contributed by atoms with Crippen molar-refractivity contribution in [2.24, 2.45) is 5.41 Å². The van der Waals surface area contributed by atoms with Gasteiger partial charge >= 0.3 is 6.01 Å². The number of hydrogen-bond donors (Lipinski definition) is 0. The van der Waals surface area contributed by atoms with E-state index in [-0.39, 0.29) is 22.1 Å². The van der Waals surface area contributed by atoms with Crippen molar-refractivity contribution in [1.82, 2.24) is 14.9 Å². The number of methoxy groups -OCH3 is 1. The van der Waals surface area contributed by atoms with Gasteiger partial charge in [-0.2, -0.15) is 9.97 Å². The van der Waals surface area contributed by atoms with Crippen LogP contribution in [-0.4, -0.2) is 67.4 Å². The molecule has 1 aromatic heterocycles. The third-order valence-electron chi connectivity index (χ3n) is 8.39. The monoisotopic (exact) mass is 598 g/mol. The Balaban J connectivity index is 1.56. The van der Waals surface area contributed by atoms with E-state index in [1.807, 2.05) is 0 Å². The first kappa shape index (κ1) is 28.8. The summed E-state index contributed by atoms with van der Waals surface area (Å²) >= 11 is 9.67. The van der Waals surface area contributed by atoms with E-state index in [0.717, 1.165) is 70.8 Å². The Morgan fingerprint density at radius 3 is 2.51 bits per heavy atom. The average molecular weight is 600 g/mol. The highest BCUT2D eigenvalue weighted by Crippen LogP contribution is 2.43. The Bertz CT molecular complexity index is 1040. The summed E-state index contributed by atoms with van der Waals surface area (Å²) in [6, 6.07) is 2.03. The van der Waals surface area contributed by atoms with Crippen molar-refractivity contribution in [2.45, 2.75) is 77.7 Å². The van der Waals surface area contributed by atoms with E-state index in [9.17, 15) is 0 Å². The predicted molar refractivity (Wildman–Crippen MR) is 152 cm³/mol. The molecule has 37 heavy (non-hydrogen) atoms. The lowest BCUT2D eigenvalue weighted by atomic mass is 9.72. The Morgan fingerprint density at radius 2 is 1.86 bits per heavy atom. The van der Waals surface area contributed by atoms with Crippen molar-refractivity contribution in [3.63, 3.8) is 0 Å². The van der Waals surface area contributed by atoms with Crippen molar-refractivity contribution >= 4 is 44.3 Å². The quantitative estimate of drug-likeness (QED) is 0.200. The molecule has 3 heterocycles. The fourth-order valence-electron chi connectivity index (χ4n) is 5.77. The van der Waals surface area contributed by atoms with E-state index in [2.05, 4.69) is 44.6 Å². The molecule has 0 atom stereocenters. The Kier molecular flexibility index (Phi) is 10.3. The van der Waals surface area contributed by atoms with Crippen LogP contribution in [0.3, 0.4) is 0 Å². The average Bonchev–Trinajstić information content (AvgIpc) is 2.92. The van der Waals surface area contributed by atoms with E-state index in [0.29, 0.717) is 15.8 Å². The van der Waals surface area contributed by atoms with Crippen molar-refractivity contribution in [3.8, 4) is 6.01 Å². The fraction of sp³-hybridized carbons (Fsp3) is 0.714. The third-order valence-corrected chi connectivity index (χ3v) is 9.69. The summed E-state index contributed by atoms with van der Waals surface area (Å²) in [4.78, 5) is 14.1. The Morgan fingerprint density at radius 1 is 1.14 bits per heavy atom. The Labute approximate surface area is 234 Å². The number of fused-ring (bicyclic) bond motifs is 1. The molecule has 6 nitrogen and oxygen atoms in total. The van der Waals surface area contributed by atoms with Gasteiger partial charge in [0.2, 0.25) is 0 Å². The van der Waals surface area contributed by atoms with Gasteiger partial charge in [-0.25, -0.2) is 4.39 Å². The van der Waals surface area contributed by atoms with Gasteiger partial charge in [0.05, 0.1) is 16.1 Å². The van der Waals surface area contributed by atoms with Crippen molar-refractivity contribution < 1.29 is 13.9 Å². The maximum absolute atomic E-state index is 15.4. The van der Waals surface area contributed by atoms with Crippen molar-refractivity contribution in [1.29, 1.82) is 0 Å². The van der Waals surface area contributed by atoms with Crippen molar-refractivity contribution in [2.75, 3.05) is 51.3 Å². The minimum atomic E-state index is -0.468. The van der Waals surface area contributed by atoms with Gasteiger partial charge in [0.15, 0.2) is 5.82 Å². The normalized spacial score (nSPS) is 19.0. The summed E-state index contributed by atoms with van der Waals surface area (Å²) in [5.74, 6) is 0.258. The van der Waals surface area contributed by atoms with Gasteiger partial charge in [-0.15, -0.1) is 0 Å². The number of aromatic nitrogens is 2. The Hall–Kier alpha value is -1.22. The van der Waals surface area contributed by atoms with Crippen LogP contribution in [0, 0.1) is 11.2 Å². The van der Waals surface area contributed by atoms with Crippen LogP contribution in [0.4, 0.5) is 10.2 Å². The van der Waals surface area contributed by atoms with E-state index >= 15 is 4.39 Å². The number of piperidine rings is 2. The minimum Gasteiger partial charge on any atom is -0.460 e. The molecule has 0 amide bonds. The molecule has 1 aromatic carbocycles. The highest BCUT2D eigenvalue weighted by atomic mass is 79.9. The zero-order valence-electron chi connectivity index (χ0n) is 22.5. The largest absolute Gasteiger partial charge is 0.460 e. The number of benzene rings is 1. The summed E-state index contributed by atoms with van der Waals surface area (Å²) in [7, 11) is 1.73. The molecular formula is C28H41BrClFN4O2. The molecule has 9 heteroatoms. The smallest absolute Gasteiger partial charge is 0.319 e.